The van der Waals surface area contributed by atoms with Gasteiger partial charge in [-0.2, -0.15) is 0 Å². The molecule has 3 aliphatic carbocycles. The molecule has 4 atom stereocenters. The first-order valence-electron chi connectivity index (χ1n) is 9.34. The van der Waals surface area contributed by atoms with Crippen LogP contribution in [0.5, 0.6) is 5.75 Å². The van der Waals surface area contributed by atoms with E-state index in [9.17, 15) is 29.7 Å². The zero-order valence-electron chi connectivity index (χ0n) is 15.8. The molecule has 5 N–H and O–H groups in total. The van der Waals surface area contributed by atoms with Gasteiger partial charge in [-0.1, -0.05) is 0 Å². The monoisotopic (exact) mass is 393 g/mol. The van der Waals surface area contributed by atoms with Gasteiger partial charge < -0.3 is 0 Å². The topological polar surface area (TPSA) is 138 Å². The van der Waals surface area contributed by atoms with Gasteiger partial charge in [0, 0.05) is 0 Å². The van der Waals surface area contributed by atoms with Crippen molar-refractivity contribution in [1.29, 1.82) is 0 Å². The Labute approximate surface area is 167 Å². The molecule has 0 aromatic heterocycles. The fourth-order valence-corrected chi connectivity index (χ4v) is 5.09. The second kappa shape index (κ2) is 6.52. The Morgan fingerprint density at radius 2 is 1.90 bits per heavy atom. The minimum atomic E-state index is -1.20. The van der Waals surface area contributed by atoms with Crippen LogP contribution in [-0.2, 0) is 4.79 Å². The summed E-state index contributed by atoms with van der Waals surface area (Å²) in [4.78, 5) is 37.0. The van der Waals surface area contributed by atoms with E-state index in [2.05, 4.69) is 7.49 Å². The summed E-state index contributed by atoms with van der Waals surface area (Å²) in [6.07, 6.45) is 0.990. The number of phenols is 1. The summed E-state index contributed by atoms with van der Waals surface area (Å²) in [5.41, 5.74) is 6.80. The molecule has 7 nitrogen and oxygen atoms in total. The molecule has 1 aromatic carbocycles. The zero-order valence-corrected chi connectivity index (χ0v) is 15.8. The van der Waals surface area contributed by atoms with Crippen LogP contribution < -0.4 is 5.73 Å². The maximum absolute atomic E-state index is 13.3. The zero-order chi connectivity index (χ0) is 21.2. The van der Waals surface area contributed by atoms with Gasteiger partial charge in [0.1, 0.15) is 0 Å². The van der Waals surface area contributed by atoms with Gasteiger partial charge in [-0.15, -0.1) is 0 Å². The fraction of sp³-hybridized carbons (Fsp3) is 0.333. The molecule has 0 heterocycles. The molecule has 29 heavy (non-hydrogen) atoms. The number of hydrogen-bond acceptors (Lipinski definition) is 6. The van der Waals surface area contributed by atoms with E-state index in [0.717, 1.165) is 0 Å². The molecular weight excluding hydrogens is 373 g/mol. The Balaban J connectivity index is 1.85. The molecule has 0 aliphatic heterocycles. The van der Waals surface area contributed by atoms with Gasteiger partial charge in [-0.25, -0.2) is 0 Å². The Hall–Kier alpha value is -3.00. The third-order valence-electron chi connectivity index (χ3n) is 6.29. The number of carbonyl (C=O) groups excluding carboxylic acids is 3. The quantitative estimate of drug-likeness (QED) is 0.428. The Bertz CT molecular complexity index is 1070. The number of carbonyl (C=O) groups is 3. The molecule has 0 radical (unpaired) electrons. The molecule has 3 aliphatic rings. The molecule has 0 spiro atoms. The molecule has 148 valence electrons. The average Bonchev–Trinajstić information content (AvgIpc) is 2.60. The fourth-order valence-electron chi connectivity index (χ4n) is 5.09. The summed E-state index contributed by atoms with van der Waals surface area (Å²) in [7, 11) is 3.86. The van der Waals surface area contributed by atoms with Crippen molar-refractivity contribution >= 4 is 36.5 Å². The van der Waals surface area contributed by atoms with Crippen LogP contribution in [0, 0.1) is 17.8 Å². The first-order chi connectivity index (χ1) is 13.6. The van der Waals surface area contributed by atoms with Crippen molar-refractivity contribution in [3.63, 3.8) is 0 Å². The molecule has 1 amide bonds. The standard InChI is InChI=1S/C21H20BNO6/c1-7(24)10-2-3-12(25)16-11(10)5-8-4-9-6-13(26)17(21(23)29)18(22)14(9)19(27)15(8)20(16)28/h2-3,5,9,14-15,19,22,25-27H,4,6H2,1H3,(H2,23,29). The van der Waals surface area contributed by atoms with E-state index in [4.69, 9.17) is 5.73 Å². The van der Waals surface area contributed by atoms with E-state index in [1.165, 1.54) is 19.1 Å². The van der Waals surface area contributed by atoms with Crippen LogP contribution in [0.3, 0.4) is 0 Å². The van der Waals surface area contributed by atoms with Crippen LogP contribution in [0.25, 0.3) is 6.08 Å². The number of nitrogens with two attached hydrogens (primary N) is 1. The van der Waals surface area contributed by atoms with Crippen molar-refractivity contribution < 1.29 is 29.7 Å². The number of rotatable bonds is 2. The minimum absolute atomic E-state index is 0.0129. The number of allylic oxidation sites excluding steroid dienone is 1. The van der Waals surface area contributed by atoms with Crippen molar-refractivity contribution in [2.24, 2.45) is 23.5 Å². The molecule has 4 unspecified atom stereocenters. The van der Waals surface area contributed by atoms with Gasteiger partial charge in [0.2, 0.25) is 0 Å². The second-order valence-corrected chi connectivity index (χ2v) is 7.93. The summed E-state index contributed by atoms with van der Waals surface area (Å²) in [5.74, 6) is -3.79. The van der Waals surface area contributed by atoms with E-state index >= 15 is 0 Å². The van der Waals surface area contributed by atoms with Gasteiger partial charge in [-0.05, 0) is 0 Å². The van der Waals surface area contributed by atoms with E-state index in [0.29, 0.717) is 23.1 Å². The molecule has 4 rings (SSSR count). The summed E-state index contributed by atoms with van der Waals surface area (Å²) in [5, 5.41) is 31.6. The van der Waals surface area contributed by atoms with Gasteiger partial charge in [0.25, 0.3) is 0 Å². The Morgan fingerprint density at radius 1 is 1.21 bits per heavy atom. The number of aromatic hydroxyl groups is 1. The van der Waals surface area contributed by atoms with E-state index in [-0.39, 0.29) is 46.2 Å². The predicted octanol–water partition coefficient (Wildman–Crippen LogP) is 0.562. The molecule has 8 heteroatoms. The number of fused-ring (bicyclic) bond motifs is 3. The molecule has 1 saturated carbocycles. The van der Waals surface area contributed by atoms with E-state index < -0.39 is 29.6 Å². The van der Waals surface area contributed by atoms with Gasteiger partial charge >= 0.3 is 167 Å². The van der Waals surface area contributed by atoms with Gasteiger partial charge in [0.15, 0.2) is 0 Å². The second-order valence-electron chi connectivity index (χ2n) is 7.93. The number of hydrogen-bond donors (Lipinski definition) is 4. The maximum atomic E-state index is 13.3. The summed E-state index contributed by atoms with van der Waals surface area (Å²) in [6.45, 7) is 1.38. The molecule has 0 saturated heterocycles. The van der Waals surface area contributed by atoms with Crippen molar-refractivity contribution in [3.8, 4) is 5.75 Å². The number of Topliss-reactive ketones (excluding diaryl/α,β-unsaturated/α-hetero) is 2. The molecule has 0 bridgehead atoms. The molecular formula is C21H20BNO6. The number of amides is 1. The number of benzene rings is 1. The van der Waals surface area contributed by atoms with Crippen molar-refractivity contribution in [2.45, 2.75) is 25.9 Å². The van der Waals surface area contributed by atoms with E-state index in [1.807, 2.05) is 0 Å². The number of ketones is 2. The summed E-state index contributed by atoms with van der Waals surface area (Å²) < 4.78 is 0. The Kier molecular flexibility index (Phi) is 4.35. The first kappa shape index (κ1) is 19.3. The Morgan fingerprint density at radius 3 is 2.52 bits per heavy atom. The van der Waals surface area contributed by atoms with Crippen molar-refractivity contribution in [2.75, 3.05) is 0 Å². The van der Waals surface area contributed by atoms with Crippen LogP contribution in [0.4, 0.5) is 0 Å². The molecule has 1 fully saturated rings. The third-order valence-corrected chi connectivity index (χ3v) is 6.29. The van der Waals surface area contributed by atoms with Crippen molar-refractivity contribution in [1.82, 2.24) is 0 Å². The third kappa shape index (κ3) is 2.70. The normalized spacial score (nSPS) is 28.2. The van der Waals surface area contributed by atoms with Crippen LogP contribution in [0.15, 0.2) is 29.0 Å². The number of aliphatic hydroxyl groups excluding tert-OH is 2. The SMILES string of the molecule is B=C1C(C(N)=O)=C(O)CC2CC3=Cc4c(C(C)=O)ccc(O)c4C(=O)C3C(O)C12. The van der Waals surface area contributed by atoms with Gasteiger partial charge in [-0.3, -0.25) is 0 Å². The number of aliphatic hydroxyl groups is 2. The van der Waals surface area contributed by atoms with Crippen LogP contribution in [-0.4, -0.2) is 51.8 Å². The van der Waals surface area contributed by atoms with Gasteiger partial charge in [0.05, 0.1) is 0 Å². The summed E-state index contributed by atoms with van der Waals surface area (Å²) in [6, 6.07) is 2.77. The first-order valence-corrected chi connectivity index (χ1v) is 9.34. The van der Waals surface area contributed by atoms with Crippen LogP contribution >= 0.6 is 0 Å². The molecule has 1 aromatic rings. The summed E-state index contributed by atoms with van der Waals surface area (Å²) >= 11 is 0. The van der Waals surface area contributed by atoms with E-state index in [1.54, 1.807) is 6.08 Å². The van der Waals surface area contributed by atoms with Crippen molar-refractivity contribution in [3.05, 3.63) is 45.7 Å². The van der Waals surface area contributed by atoms with Crippen LogP contribution in [0.2, 0.25) is 0 Å². The average molecular weight is 393 g/mol. The predicted molar refractivity (Wildman–Crippen MR) is 107 cm³/mol. The van der Waals surface area contributed by atoms with Crippen LogP contribution in [0.1, 0.15) is 46.0 Å². The number of phenolic OH excluding ortho intramolecular Hbond substituents is 1. The number of primary amides is 1.